The lowest BCUT2D eigenvalue weighted by atomic mass is 10.0. The maximum Gasteiger partial charge on any atom is 0.335 e. The van der Waals surface area contributed by atoms with Crippen molar-refractivity contribution in [1.82, 2.24) is 4.98 Å². The monoisotopic (exact) mass is 472 g/mol. The van der Waals surface area contributed by atoms with Gasteiger partial charge in [-0.25, -0.2) is 9.78 Å². The fourth-order valence-corrected chi connectivity index (χ4v) is 5.09. The average Bonchev–Trinajstić information content (AvgIpc) is 3.08. The van der Waals surface area contributed by atoms with Crippen molar-refractivity contribution in [2.24, 2.45) is 0 Å². The molecule has 0 bridgehead atoms. The lowest BCUT2D eigenvalue weighted by Crippen LogP contribution is -2.20. The molecule has 1 atom stereocenters. The van der Waals surface area contributed by atoms with Crippen molar-refractivity contribution in [1.29, 1.82) is 0 Å². The standard InChI is InChI=1S/C22H23N3O5S2/c1-14-20(31-22(23-14)24-15(2)26)25(32(29)30)19-9-4-3-7-17(19)8-5-6-16-10-12-18(13-11-16)21(27)28/h3-4,7,9-13H,5-6,8H2,1-2H3,(H,27,28)(H,29,30)(H,23,24,26)/p-1. The fraction of sp³-hybridized carbons (Fsp3) is 0.227. The van der Waals surface area contributed by atoms with E-state index >= 15 is 0 Å². The first-order valence-electron chi connectivity index (χ1n) is 9.81. The highest BCUT2D eigenvalue weighted by Gasteiger charge is 2.20. The summed E-state index contributed by atoms with van der Waals surface area (Å²) in [6.07, 6.45) is 2.10. The third kappa shape index (κ3) is 5.78. The van der Waals surface area contributed by atoms with Gasteiger partial charge in [0.2, 0.25) is 5.91 Å². The summed E-state index contributed by atoms with van der Waals surface area (Å²) >= 11 is -1.49. The SMILES string of the molecule is CC(=O)Nc1nc(C)c(N(c2ccccc2CCCc2ccc(C(=O)O)cc2)S(=O)[O-])s1. The van der Waals surface area contributed by atoms with Crippen LogP contribution in [0.3, 0.4) is 0 Å². The first-order valence-corrected chi connectivity index (χ1v) is 11.7. The first-order chi connectivity index (χ1) is 15.3. The second kappa shape index (κ2) is 10.5. The van der Waals surface area contributed by atoms with Crippen LogP contribution >= 0.6 is 11.3 Å². The predicted octanol–water partition coefficient (Wildman–Crippen LogP) is 4.22. The van der Waals surface area contributed by atoms with Gasteiger partial charge in [-0.1, -0.05) is 41.7 Å². The zero-order valence-corrected chi connectivity index (χ0v) is 19.2. The molecule has 0 aliphatic heterocycles. The Kier molecular flexibility index (Phi) is 7.73. The molecule has 0 saturated carbocycles. The van der Waals surface area contributed by atoms with Gasteiger partial charge in [-0.3, -0.25) is 13.3 Å². The molecule has 3 rings (SSSR count). The van der Waals surface area contributed by atoms with Crippen LogP contribution in [0.4, 0.5) is 15.8 Å². The van der Waals surface area contributed by atoms with Gasteiger partial charge < -0.3 is 15.0 Å². The molecule has 168 valence electrons. The van der Waals surface area contributed by atoms with E-state index < -0.39 is 17.2 Å². The number of amides is 1. The molecule has 1 heterocycles. The van der Waals surface area contributed by atoms with Crippen LogP contribution in [0.1, 0.15) is 40.5 Å². The summed E-state index contributed by atoms with van der Waals surface area (Å²) in [7, 11) is 0. The Hall–Kier alpha value is -3.08. The van der Waals surface area contributed by atoms with Crippen LogP contribution in [0.15, 0.2) is 48.5 Å². The van der Waals surface area contributed by atoms with Crippen LogP contribution in [-0.2, 0) is 28.9 Å². The maximum atomic E-state index is 12.2. The summed E-state index contributed by atoms with van der Waals surface area (Å²) in [5.74, 6) is -1.24. The Balaban J connectivity index is 1.80. The molecule has 0 saturated heterocycles. The second-order valence-electron chi connectivity index (χ2n) is 7.09. The molecule has 2 aromatic carbocycles. The van der Waals surface area contributed by atoms with Gasteiger partial charge in [0.1, 0.15) is 5.00 Å². The third-order valence-electron chi connectivity index (χ3n) is 4.71. The van der Waals surface area contributed by atoms with E-state index in [0.29, 0.717) is 27.9 Å². The molecule has 0 aliphatic rings. The predicted molar refractivity (Wildman–Crippen MR) is 124 cm³/mol. The minimum absolute atomic E-state index is 0.242. The van der Waals surface area contributed by atoms with Crippen molar-refractivity contribution >= 4 is 50.3 Å². The zero-order valence-electron chi connectivity index (χ0n) is 17.5. The van der Waals surface area contributed by atoms with Crippen LogP contribution in [0.25, 0.3) is 0 Å². The van der Waals surface area contributed by atoms with Crippen molar-refractivity contribution in [3.8, 4) is 0 Å². The number of para-hydroxylation sites is 1. The number of hydrogen-bond acceptors (Lipinski definition) is 6. The minimum atomic E-state index is -2.59. The van der Waals surface area contributed by atoms with Gasteiger partial charge in [-0.2, -0.15) is 0 Å². The largest absolute Gasteiger partial charge is 0.755 e. The molecule has 2 N–H and O–H groups in total. The van der Waals surface area contributed by atoms with E-state index in [1.165, 1.54) is 11.2 Å². The molecule has 10 heteroatoms. The molecular formula is C22H22N3O5S2-. The second-order valence-corrected chi connectivity index (χ2v) is 8.86. The van der Waals surface area contributed by atoms with Crippen molar-refractivity contribution in [2.75, 3.05) is 9.62 Å². The number of carbonyl (C=O) groups excluding carboxylic acids is 1. The van der Waals surface area contributed by atoms with Gasteiger partial charge in [0, 0.05) is 6.92 Å². The Morgan fingerprint density at radius 1 is 1.16 bits per heavy atom. The van der Waals surface area contributed by atoms with Crippen molar-refractivity contribution < 1.29 is 23.5 Å². The van der Waals surface area contributed by atoms with Gasteiger partial charge in [-0.15, -0.1) is 0 Å². The summed E-state index contributed by atoms with van der Waals surface area (Å²) in [6.45, 7) is 3.06. The third-order valence-corrected chi connectivity index (χ3v) is 6.56. The Labute approximate surface area is 192 Å². The summed E-state index contributed by atoms with van der Waals surface area (Å²) in [5, 5.41) is 12.4. The number of nitrogens with one attached hydrogen (secondary N) is 1. The molecule has 8 nitrogen and oxygen atoms in total. The highest BCUT2D eigenvalue weighted by atomic mass is 32.2. The summed E-state index contributed by atoms with van der Waals surface area (Å²) < 4.78 is 25.6. The normalized spacial score (nSPS) is 11.7. The number of nitrogens with zero attached hydrogens (tertiary/aromatic N) is 2. The number of aryl methyl sites for hydroxylation is 3. The van der Waals surface area contributed by atoms with E-state index in [1.54, 1.807) is 43.3 Å². The van der Waals surface area contributed by atoms with Gasteiger partial charge in [0.15, 0.2) is 5.13 Å². The smallest absolute Gasteiger partial charge is 0.335 e. The number of thiazole rings is 1. The topological polar surface area (TPSA) is 123 Å². The van der Waals surface area contributed by atoms with Gasteiger partial charge in [0.05, 0.1) is 28.2 Å². The molecule has 0 fully saturated rings. The molecule has 32 heavy (non-hydrogen) atoms. The van der Waals surface area contributed by atoms with Crippen LogP contribution < -0.4 is 9.62 Å². The molecule has 1 amide bonds. The Morgan fingerprint density at radius 2 is 1.84 bits per heavy atom. The molecule has 1 unspecified atom stereocenters. The minimum Gasteiger partial charge on any atom is -0.755 e. The molecular weight excluding hydrogens is 450 g/mol. The van der Waals surface area contributed by atoms with Crippen LogP contribution in [0.2, 0.25) is 0 Å². The molecule has 3 aromatic rings. The summed E-state index contributed by atoms with van der Waals surface area (Å²) in [5.41, 5.74) is 3.13. The Bertz CT molecular complexity index is 1140. The van der Waals surface area contributed by atoms with Crippen LogP contribution in [-0.4, -0.2) is 30.7 Å². The number of carboxylic acid groups (broad SMARTS) is 1. The molecule has 0 spiro atoms. The van der Waals surface area contributed by atoms with E-state index in [4.69, 9.17) is 5.11 Å². The zero-order chi connectivity index (χ0) is 23.3. The number of benzene rings is 2. The van der Waals surface area contributed by atoms with Gasteiger partial charge in [0.25, 0.3) is 0 Å². The molecule has 0 radical (unpaired) electrons. The van der Waals surface area contributed by atoms with Crippen molar-refractivity contribution in [2.45, 2.75) is 33.1 Å². The number of carboxylic acids is 1. The number of hydrogen-bond donors (Lipinski definition) is 2. The van der Waals surface area contributed by atoms with Gasteiger partial charge in [-0.05, 0) is 55.5 Å². The molecule has 1 aromatic heterocycles. The van der Waals surface area contributed by atoms with Gasteiger partial charge >= 0.3 is 5.97 Å². The highest BCUT2D eigenvalue weighted by molar-refractivity contribution is 7.81. The number of anilines is 3. The van der Waals surface area contributed by atoms with Crippen molar-refractivity contribution in [3.63, 3.8) is 0 Å². The maximum absolute atomic E-state index is 12.2. The fourth-order valence-electron chi connectivity index (χ4n) is 3.26. The number of aromatic carboxylic acids is 1. The lowest BCUT2D eigenvalue weighted by molar-refractivity contribution is -0.114. The van der Waals surface area contributed by atoms with Crippen molar-refractivity contribution in [3.05, 3.63) is 70.9 Å². The van der Waals surface area contributed by atoms with E-state index in [0.717, 1.165) is 35.3 Å². The summed E-state index contributed by atoms with van der Waals surface area (Å²) in [4.78, 5) is 26.6. The number of aromatic nitrogens is 1. The first kappa shape index (κ1) is 23.6. The molecule has 0 aliphatic carbocycles. The van der Waals surface area contributed by atoms with E-state index in [1.807, 2.05) is 12.1 Å². The average molecular weight is 473 g/mol. The van der Waals surface area contributed by atoms with E-state index in [-0.39, 0.29) is 11.5 Å². The summed E-state index contributed by atoms with van der Waals surface area (Å²) in [6, 6.07) is 14.0. The highest BCUT2D eigenvalue weighted by Crippen LogP contribution is 2.38. The van der Waals surface area contributed by atoms with Crippen LogP contribution in [0.5, 0.6) is 0 Å². The lowest BCUT2D eigenvalue weighted by Gasteiger charge is -2.27. The van der Waals surface area contributed by atoms with Crippen LogP contribution in [0, 0.1) is 6.92 Å². The number of rotatable bonds is 9. The Morgan fingerprint density at radius 3 is 2.47 bits per heavy atom. The van der Waals surface area contributed by atoms with E-state index in [9.17, 15) is 18.4 Å². The van der Waals surface area contributed by atoms with E-state index in [2.05, 4.69) is 10.3 Å². The quantitative estimate of drug-likeness (QED) is 0.450. The number of carbonyl (C=O) groups is 2.